The van der Waals surface area contributed by atoms with Gasteiger partial charge in [0, 0.05) is 17.7 Å². The summed E-state index contributed by atoms with van der Waals surface area (Å²) in [6, 6.07) is 10.9. The fraction of sp³-hybridized carbons (Fsp3) is 0.364. The van der Waals surface area contributed by atoms with Gasteiger partial charge in [0.2, 0.25) is 0 Å². The second kappa shape index (κ2) is 7.92. The SMILES string of the molecule is COc1ccc2cc(CN(C(=O)c3ccco3)C3CCCCC3)c(=O)[nH]c2c1. The highest BCUT2D eigenvalue weighted by atomic mass is 16.5. The maximum atomic E-state index is 13.1. The van der Waals surface area contributed by atoms with E-state index in [1.54, 1.807) is 30.2 Å². The molecule has 1 aliphatic carbocycles. The first-order chi connectivity index (χ1) is 13.7. The van der Waals surface area contributed by atoms with E-state index in [1.165, 1.54) is 12.7 Å². The van der Waals surface area contributed by atoms with Gasteiger partial charge in [-0.1, -0.05) is 19.3 Å². The van der Waals surface area contributed by atoms with Crippen LogP contribution in [0.5, 0.6) is 5.75 Å². The monoisotopic (exact) mass is 380 g/mol. The Morgan fingerprint density at radius 3 is 2.75 bits per heavy atom. The number of aromatic nitrogens is 1. The lowest BCUT2D eigenvalue weighted by atomic mass is 9.93. The first kappa shape index (κ1) is 18.3. The zero-order chi connectivity index (χ0) is 19.5. The Hall–Kier alpha value is -3.02. The predicted octanol–water partition coefficient (Wildman–Crippen LogP) is 4.10. The van der Waals surface area contributed by atoms with E-state index in [9.17, 15) is 9.59 Å². The number of pyridine rings is 1. The van der Waals surface area contributed by atoms with Gasteiger partial charge in [-0.25, -0.2) is 0 Å². The molecule has 0 bridgehead atoms. The van der Waals surface area contributed by atoms with Gasteiger partial charge < -0.3 is 19.0 Å². The quantitative estimate of drug-likeness (QED) is 0.723. The molecule has 146 valence electrons. The molecule has 28 heavy (non-hydrogen) atoms. The summed E-state index contributed by atoms with van der Waals surface area (Å²) in [4.78, 5) is 30.5. The van der Waals surface area contributed by atoms with Crippen LogP contribution in [0, 0.1) is 0 Å². The van der Waals surface area contributed by atoms with Gasteiger partial charge in [0.05, 0.1) is 25.4 Å². The Morgan fingerprint density at radius 1 is 1.21 bits per heavy atom. The Bertz CT molecular complexity index is 1020. The van der Waals surface area contributed by atoms with Crippen molar-refractivity contribution in [2.45, 2.75) is 44.7 Å². The normalized spacial score (nSPS) is 14.9. The number of fused-ring (bicyclic) bond motifs is 1. The number of rotatable bonds is 5. The van der Waals surface area contributed by atoms with Gasteiger partial charge in [-0.05, 0) is 48.6 Å². The van der Waals surface area contributed by atoms with Gasteiger partial charge in [-0.2, -0.15) is 0 Å². The van der Waals surface area contributed by atoms with Crippen molar-refractivity contribution in [3.63, 3.8) is 0 Å². The molecule has 6 heteroatoms. The minimum absolute atomic E-state index is 0.123. The topological polar surface area (TPSA) is 75.5 Å². The van der Waals surface area contributed by atoms with Crippen LogP contribution in [-0.4, -0.2) is 28.9 Å². The Labute approximate surface area is 163 Å². The van der Waals surface area contributed by atoms with Gasteiger partial charge >= 0.3 is 0 Å². The standard InChI is InChI=1S/C22H24N2O4/c1-27-18-10-9-15-12-16(21(25)23-19(15)13-18)14-24(17-6-3-2-4-7-17)22(26)20-8-5-11-28-20/h5,8-13,17H,2-4,6-7,14H2,1H3,(H,23,25). The molecule has 0 radical (unpaired) electrons. The third-order valence-corrected chi connectivity index (χ3v) is 5.48. The second-order valence-corrected chi connectivity index (χ2v) is 7.28. The number of carbonyl (C=O) groups is 1. The highest BCUT2D eigenvalue weighted by Gasteiger charge is 2.28. The summed E-state index contributed by atoms with van der Waals surface area (Å²) in [7, 11) is 1.59. The van der Waals surface area contributed by atoms with Crippen LogP contribution in [0.4, 0.5) is 0 Å². The summed E-state index contributed by atoms with van der Waals surface area (Å²) in [6.45, 7) is 0.265. The van der Waals surface area contributed by atoms with Crippen molar-refractivity contribution in [3.05, 3.63) is 64.3 Å². The third kappa shape index (κ3) is 3.67. The Morgan fingerprint density at radius 2 is 2.04 bits per heavy atom. The van der Waals surface area contributed by atoms with E-state index in [1.807, 2.05) is 18.2 Å². The van der Waals surface area contributed by atoms with Crippen molar-refractivity contribution < 1.29 is 13.9 Å². The molecule has 0 saturated heterocycles. The summed E-state index contributed by atoms with van der Waals surface area (Å²) in [5.41, 5.74) is 1.10. The number of nitrogens with one attached hydrogen (secondary N) is 1. The lowest BCUT2D eigenvalue weighted by Crippen LogP contribution is -2.42. The molecule has 2 aromatic heterocycles. The van der Waals surface area contributed by atoms with Crippen LogP contribution in [-0.2, 0) is 6.54 Å². The van der Waals surface area contributed by atoms with E-state index < -0.39 is 0 Å². The Kier molecular flexibility index (Phi) is 5.19. The van der Waals surface area contributed by atoms with Crippen LogP contribution < -0.4 is 10.3 Å². The van der Waals surface area contributed by atoms with Crippen LogP contribution >= 0.6 is 0 Å². The van der Waals surface area contributed by atoms with Crippen molar-refractivity contribution >= 4 is 16.8 Å². The van der Waals surface area contributed by atoms with Gasteiger partial charge in [-0.3, -0.25) is 9.59 Å². The number of methoxy groups -OCH3 is 1. The molecule has 1 N–H and O–H groups in total. The van der Waals surface area contributed by atoms with E-state index in [2.05, 4.69) is 4.98 Å². The fourth-order valence-electron chi connectivity index (χ4n) is 3.95. The number of amides is 1. The number of hydrogen-bond acceptors (Lipinski definition) is 4. The number of carbonyl (C=O) groups excluding carboxylic acids is 1. The number of ether oxygens (including phenoxy) is 1. The van der Waals surface area contributed by atoms with E-state index in [0.29, 0.717) is 17.1 Å². The molecule has 2 heterocycles. The molecule has 1 fully saturated rings. The molecule has 3 aromatic rings. The maximum absolute atomic E-state index is 13.1. The molecule has 0 atom stereocenters. The Balaban J connectivity index is 1.68. The number of hydrogen-bond donors (Lipinski definition) is 1. The molecule has 1 saturated carbocycles. The smallest absolute Gasteiger partial charge is 0.290 e. The van der Waals surface area contributed by atoms with Crippen LogP contribution in [0.2, 0.25) is 0 Å². The van der Waals surface area contributed by atoms with Crippen LogP contribution in [0.25, 0.3) is 10.9 Å². The van der Waals surface area contributed by atoms with Crippen molar-refractivity contribution in [1.82, 2.24) is 9.88 Å². The largest absolute Gasteiger partial charge is 0.497 e. The number of nitrogens with zero attached hydrogens (tertiary/aromatic N) is 1. The molecule has 0 spiro atoms. The van der Waals surface area contributed by atoms with Crippen LogP contribution in [0.15, 0.2) is 51.9 Å². The number of benzene rings is 1. The molecule has 1 aromatic carbocycles. The van der Waals surface area contributed by atoms with Crippen molar-refractivity contribution in [2.24, 2.45) is 0 Å². The average molecular weight is 380 g/mol. The highest BCUT2D eigenvalue weighted by Crippen LogP contribution is 2.26. The fourth-order valence-corrected chi connectivity index (χ4v) is 3.95. The molecule has 0 aliphatic heterocycles. The molecular formula is C22H24N2O4. The highest BCUT2D eigenvalue weighted by molar-refractivity contribution is 5.91. The summed E-state index contributed by atoms with van der Waals surface area (Å²) < 4.78 is 10.6. The van der Waals surface area contributed by atoms with E-state index >= 15 is 0 Å². The second-order valence-electron chi connectivity index (χ2n) is 7.28. The minimum atomic E-state index is -0.186. The van der Waals surface area contributed by atoms with Crippen molar-refractivity contribution in [1.29, 1.82) is 0 Å². The summed E-state index contributed by atoms with van der Waals surface area (Å²) >= 11 is 0. The van der Waals surface area contributed by atoms with Gasteiger partial charge in [0.1, 0.15) is 5.75 Å². The first-order valence-electron chi connectivity index (χ1n) is 9.70. The number of H-pyrrole nitrogens is 1. The zero-order valence-corrected chi connectivity index (χ0v) is 15.9. The summed E-state index contributed by atoms with van der Waals surface area (Å²) in [5.74, 6) is 0.839. The molecular weight excluding hydrogens is 356 g/mol. The van der Waals surface area contributed by atoms with Crippen molar-refractivity contribution in [3.8, 4) is 5.75 Å². The lowest BCUT2D eigenvalue weighted by Gasteiger charge is -2.33. The zero-order valence-electron chi connectivity index (χ0n) is 15.9. The van der Waals surface area contributed by atoms with Crippen molar-refractivity contribution in [2.75, 3.05) is 7.11 Å². The lowest BCUT2D eigenvalue weighted by molar-refractivity contribution is 0.0581. The number of aromatic amines is 1. The van der Waals surface area contributed by atoms with Gasteiger partial charge in [-0.15, -0.1) is 0 Å². The van der Waals surface area contributed by atoms with Gasteiger partial charge in [0.15, 0.2) is 5.76 Å². The maximum Gasteiger partial charge on any atom is 0.290 e. The van der Waals surface area contributed by atoms with Crippen LogP contribution in [0.1, 0.15) is 48.2 Å². The van der Waals surface area contributed by atoms with Gasteiger partial charge in [0.25, 0.3) is 11.5 Å². The van der Waals surface area contributed by atoms with E-state index in [4.69, 9.17) is 9.15 Å². The number of furan rings is 1. The summed E-state index contributed by atoms with van der Waals surface area (Å²) in [5, 5.41) is 0.907. The third-order valence-electron chi connectivity index (χ3n) is 5.48. The first-order valence-corrected chi connectivity index (χ1v) is 9.70. The minimum Gasteiger partial charge on any atom is -0.497 e. The van der Waals surface area contributed by atoms with Crippen LogP contribution in [0.3, 0.4) is 0 Å². The van der Waals surface area contributed by atoms with E-state index in [0.717, 1.165) is 36.6 Å². The molecule has 1 amide bonds. The molecule has 6 nitrogen and oxygen atoms in total. The average Bonchev–Trinajstić information content (AvgIpc) is 3.27. The molecule has 0 unspecified atom stereocenters. The predicted molar refractivity (Wildman–Crippen MR) is 107 cm³/mol. The summed E-state index contributed by atoms with van der Waals surface area (Å²) in [6.07, 6.45) is 6.80. The molecule has 1 aliphatic rings. The van der Waals surface area contributed by atoms with E-state index in [-0.39, 0.29) is 24.1 Å². The molecule has 4 rings (SSSR count).